The van der Waals surface area contributed by atoms with E-state index in [4.69, 9.17) is 0 Å². The lowest BCUT2D eigenvalue weighted by Crippen LogP contribution is -2.50. The SMILES string of the molecule is O=S(=O)(Cc1ccccc1)N1CCN(S(=O)(=O)Cc2ccccc2)CC1. The predicted octanol–water partition coefficient (Wildman–Crippen LogP) is 1.66. The maximum absolute atomic E-state index is 12.6. The third-order valence-corrected chi connectivity index (χ3v) is 8.07. The van der Waals surface area contributed by atoms with Crippen molar-refractivity contribution < 1.29 is 16.8 Å². The zero-order valence-electron chi connectivity index (χ0n) is 14.4. The van der Waals surface area contributed by atoms with Crippen LogP contribution < -0.4 is 0 Å². The van der Waals surface area contributed by atoms with Gasteiger partial charge in [-0.3, -0.25) is 0 Å². The van der Waals surface area contributed by atoms with Gasteiger partial charge in [0, 0.05) is 26.2 Å². The number of sulfonamides is 2. The fourth-order valence-electron chi connectivity index (χ4n) is 2.98. The highest BCUT2D eigenvalue weighted by atomic mass is 32.2. The number of hydrogen-bond acceptors (Lipinski definition) is 4. The normalized spacial score (nSPS) is 17.2. The molecule has 140 valence electrons. The van der Waals surface area contributed by atoms with Crippen LogP contribution in [0.25, 0.3) is 0 Å². The first-order chi connectivity index (χ1) is 12.4. The fraction of sp³-hybridized carbons (Fsp3) is 0.333. The fourth-order valence-corrected chi connectivity index (χ4v) is 6.01. The lowest BCUT2D eigenvalue weighted by molar-refractivity contribution is 0.272. The van der Waals surface area contributed by atoms with Gasteiger partial charge in [0.05, 0.1) is 11.5 Å². The summed E-state index contributed by atoms with van der Waals surface area (Å²) in [7, 11) is -6.90. The van der Waals surface area contributed by atoms with E-state index in [0.29, 0.717) is 0 Å². The summed E-state index contributed by atoms with van der Waals surface area (Å²) in [6.45, 7) is 0.735. The molecule has 26 heavy (non-hydrogen) atoms. The molecule has 1 fully saturated rings. The van der Waals surface area contributed by atoms with Gasteiger partial charge in [-0.25, -0.2) is 16.8 Å². The van der Waals surface area contributed by atoms with Gasteiger partial charge in [0.2, 0.25) is 20.0 Å². The Hall–Kier alpha value is -1.74. The van der Waals surface area contributed by atoms with Crippen molar-refractivity contribution in [3.05, 3.63) is 71.8 Å². The molecule has 0 amide bonds. The molecular formula is C18H22N2O4S2. The summed E-state index contributed by atoms with van der Waals surface area (Å²) in [5.74, 6) is -0.130. The van der Waals surface area contributed by atoms with E-state index in [0.717, 1.165) is 11.1 Å². The number of piperazine rings is 1. The Morgan fingerprint density at radius 2 is 0.885 bits per heavy atom. The number of hydrogen-bond donors (Lipinski definition) is 0. The molecule has 0 bridgehead atoms. The van der Waals surface area contributed by atoms with Gasteiger partial charge in [-0.05, 0) is 11.1 Å². The Kier molecular flexibility index (Phi) is 5.76. The van der Waals surface area contributed by atoms with E-state index in [2.05, 4.69) is 0 Å². The standard InChI is InChI=1S/C18H22N2O4S2/c21-25(22,15-17-7-3-1-4-8-17)19-11-13-20(14-12-19)26(23,24)16-18-9-5-2-6-10-18/h1-10H,11-16H2. The maximum Gasteiger partial charge on any atom is 0.218 e. The van der Waals surface area contributed by atoms with Gasteiger partial charge >= 0.3 is 0 Å². The molecule has 0 saturated carbocycles. The maximum atomic E-state index is 12.6. The van der Waals surface area contributed by atoms with Gasteiger partial charge in [0.25, 0.3) is 0 Å². The van der Waals surface area contributed by atoms with E-state index < -0.39 is 20.0 Å². The Morgan fingerprint density at radius 1 is 0.577 bits per heavy atom. The molecule has 1 aliphatic rings. The molecule has 2 aromatic rings. The lowest BCUT2D eigenvalue weighted by Gasteiger charge is -2.33. The predicted molar refractivity (Wildman–Crippen MR) is 101 cm³/mol. The van der Waals surface area contributed by atoms with Crippen LogP contribution in [0.3, 0.4) is 0 Å². The van der Waals surface area contributed by atoms with E-state index >= 15 is 0 Å². The highest BCUT2D eigenvalue weighted by Crippen LogP contribution is 2.17. The molecule has 6 nitrogen and oxygen atoms in total. The zero-order chi connectivity index (χ0) is 18.6. The average molecular weight is 395 g/mol. The Balaban J connectivity index is 1.61. The highest BCUT2D eigenvalue weighted by molar-refractivity contribution is 7.88. The van der Waals surface area contributed by atoms with Gasteiger partial charge in [-0.1, -0.05) is 60.7 Å². The molecule has 0 radical (unpaired) electrons. The van der Waals surface area contributed by atoms with Crippen molar-refractivity contribution in [3.63, 3.8) is 0 Å². The van der Waals surface area contributed by atoms with Crippen LogP contribution in [0, 0.1) is 0 Å². The van der Waals surface area contributed by atoms with Gasteiger partial charge in [-0.2, -0.15) is 8.61 Å². The zero-order valence-corrected chi connectivity index (χ0v) is 16.0. The summed E-state index contributed by atoms with van der Waals surface area (Å²) in [4.78, 5) is 0. The first-order valence-corrected chi connectivity index (χ1v) is 11.6. The molecular weight excluding hydrogens is 372 g/mol. The van der Waals surface area contributed by atoms with E-state index in [-0.39, 0.29) is 37.7 Å². The van der Waals surface area contributed by atoms with Gasteiger partial charge in [0.1, 0.15) is 0 Å². The molecule has 0 spiro atoms. The number of nitrogens with zero attached hydrogens (tertiary/aromatic N) is 2. The van der Waals surface area contributed by atoms with Crippen molar-refractivity contribution in [1.29, 1.82) is 0 Å². The average Bonchev–Trinajstić information content (AvgIpc) is 2.63. The molecule has 0 atom stereocenters. The van der Waals surface area contributed by atoms with E-state index in [1.165, 1.54) is 8.61 Å². The van der Waals surface area contributed by atoms with E-state index in [9.17, 15) is 16.8 Å². The smallest absolute Gasteiger partial charge is 0.212 e. The number of benzene rings is 2. The Morgan fingerprint density at radius 3 is 1.19 bits per heavy atom. The van der Waals surface area contributed by atoms with Crippen LogP contribution in [0.5, 0.6) is 0 Å². The molecule has 8 heteroatoms. The highest BCUT2D eigenvalue weighted by Gasteiger charge is 2.32. The van der Waals surface area contributed by atoms with Crippen molar-refractivity contribution in [1.82, 2.24) is 8.61 Å². The first kappa shape index (κ1) is 19.0. The van der Waals surface area contributed by atoms with Gasteiger partial charge < -0.3 is 0 Å². The first-order valence-electron chi connectivity index (χ1n) is 8.40. The topological polar surface area (TPSA) is 74.8 Å². The minimum absolute atomic E-state index is 0.0649. The summed E-state index contributed by atoms with van der Waals surface area (Å²) in [6.07, 6.45) is 0. The van der Waals surface area contributed by atoms with Crippen LogP contribution in [-0.2, 0) is 31.6 Å². The third kappa shape index (κ3) is 4.70. The molecule has 1 aliphatic heterocycles. The lowest BCUT2D eigenvalue weighted by atomic mass is 10.2. The molecule has 0 aliphatic carbocycles. The van der Waals surface area contributed by atoms with Crippen LogP contribution in [0.15, 0.2) is 60.7 Å². The molecule has 0 N–H and O–H groups in total. The van der Waals surface area contributed by atoms with Crippen molar-refractivity contribution in [2.24, 2.45) is 0 Å². The van der Waals surface area contributed by atoms with Crippen molar-refractivity contribution in [3.8, 4) is 0 Å². The van der Waals surface area contributed by atoms with Crippen LogP contribution >= 0.6 is 0 Å². The molecule has 1 saturated heterocycles. The summed E-state index contributed by atoms with van der Waals surface area (Å²) < 4.78 is 53.0. The molecule has 1 heterocycles. The molecule has 0 aromatic heterocycles. The van der Waals surface area contributed by atoms with E-state index in [1.54, 1.807) is 48.5 Å². The van der Waals surface area contributed by atoms with Crippen molar-refractivity contribution in [2.45, 2.75) is 11.5 Å². The Bertz CT molecular complexity index is 842. The van der Waals surface area contributed by atoms with Crippen LogP contribution in [0.1, 0.15) is 11.1 Å². The largest absolute Gasteiger partial charge is 0.218 e. The van der Waals surface area contributed by atoms with Crippen LogP contribution in [0.2, 0.25) is 0 Å². The molecule has 2 aromatic carbocycles. The minimum Gasteiger partial charge on any atom is -0.212 e. The molecule has 3 rings (SSSR count). The van der Waals surface area contributed by atoms with Crippen LogP contribution in [0.4, 0.5) is 0 Å². The van der Waals surface area contributed by atoms with E-state index in [1.807, 2.05) is 12.1 Å². The molecule has 0 unspecified atom stereocenters. The Labute approximate surface area is 155 Å². The second-order valence-corrected chi connectivity index (χ2v) is 10.2. The number of rotatable bonds is 6. The summed E-state index contributed by atoms with van der Waals surface area (Å²) in [5.41, 5.74) is 1.46. The third-order valence-electron chi connectivity index (χ3n) is 4.37. The summed E-state index contributed by atoms with van der Waals surface area (Å²) in [5, 5.41) is 0. The van der Waals surface area contributed by atoms with Gasteiger partial charge in [0.15, 0.2) is 0 Å². The second kappa shape index (κ2) is 7.87. The summed E-state index contributed by atoms with van der Waals surface area (Å²) in [6, 6.07) is 18.0. The second-order valence-electron chi connectivity index (χ2n) is 6.28. The minimum atomic E-state index is -3.45. The quantitative estimate of drug-likeness (QED) is 0.747. The van der Waals surface area contributed by atoms with Crippen molar-refractivity contribution >= 4 is 20.0 Å². The van der Waals surface area contributed by atoms with Crippen LogP contribution in [-0.4, -0.2) is 51.6 Å². The van der Waals surface area contributed by atoms with Gasteiger partial charge in [-0.15, -0.1) is 0 Å². The monoisotopic (exact) mass is 394 g/mol. The van der Waals surface area contributed by atoms with Crippen molar-refractivity contribution in [2.75, 3.05) is 26.2 Å². The summed E-state index contributed by atoms with van der Waals surface area (Å²) >= 11 is 0.